The summed E-state index contributed by atoms with van der Waals surface area (Å²) in [5.74, 6) is 0.0336. The fraction of sp³-hybridized carbons (Fsp3) is 0.368. The number of benzene rings is 1. The van der Waals surface area contributed by atoms with Crippen molar-refractivity contribution in [1.82, 2.24) is 19.6 Å². The van der Waals surface area contributed by atoms with Crippen LogP contribution in [0.25, 0.3) is 4.96 Å². The molecule has 0 aliphatic heterocycles. The lowest BCUT2D eigenvalue weighted by Gasteiger charge is -2.24. The van der Waals surface area contributed by atoms with Crippen LogP contribution in [0.1, 0.15) is 28.8 Å². The lowest BCUT2D eigenvalue weighted by atomic mass is 10.2. The Morgan fingerprint density at radius 3 is 2.76 bits per heavy atom. The minimum absolute atomic E-state index is 0.0336. The van der Waals surface area contributed by atoms with Gasteiger partial charge in [-0.05, 0) is 33.4 Å². The lowest BCUT2D eigenvalue weighted by molar-refractivity contribution is -0.125. The number of likely N-dealkylation sites (N-methyl/N-ethyl adjacent to an activating group) is 1. The Morgan fingerprint density at radius 2 is 2.04 bits per heavy atom. The standard InChI is InChI=1S/C19H24N4OS/c1-13-11-23-17(14(2)21-19(23)25-13)12-22(4)15(3)18(24)20-10-16-8-6-5-7-9-16/h5-9,11,15H,10,12H2,1-4H3,(H,20,24)/t15-/m1/s1. The number of nitrogens with zero attached hydrogens (tertiary/aromatic N) is 3. The number of carbonyl (C=O) groups excluding carboxylic acids is 1. The molecular formula is C19H24N4OS. The maximum absolute atomic E-state index is 12.5. The molecule has 2 heterocycles. The molecule has 0 bridgehead atoms. The van der Waals surface area contributed by atoms with Crippen LogP contribution in [-0.4, -0.2) is 33.3 Å². The minimum atomic E-state index is -0.214. The first kappa shape index (κ1) is 17.6. The molecule has 0 radical (unpaired) electrons. The second-order valence-electron chi connectivity index (χ2n) is 6.43. The average Bonchev–Trinajstić information content (AvgIpc) is 3.09. The monoisotopic (exact) mass is 356 g/mol. The molecule has 0 saturated carbocycles. The molecule has 0 fully saturated rings. The van der Waals surface area contributed by atoms with E-state index in [-0.39, 0.29) is 11.9 Å². The number of amides is 1. The maximum Gasteiger partial charge on any atom is 0.237 e. The number of rotatable bonds is 6. The first-order chi connectivity index (χ1) is 12.0. The summed E-state index contributed by atoms with van der Waals surface area (Å²) in [5.41, 5.74) is 3.27. The molecule has 1 N–H and O–H groups in total. The summed E-state index contributed by atoms with van der Waals surface area (Å²) >= 11 is 1.69. The summed E-state index contributed by atoms with van der Waals surface area (Å²) in [6.07, 6.45) is 2.11. The van der Waals surface area contributed by atoms with E-state index in [9.17, 15) is 4.79 Å². The van der Waals surface area contributed by atoms with E-state index in [1.54, 1.807) is 11.3 Å². The van der Waals surface area contributed by atoms with E-state index in [0.717, 1.165) is 21.9 Å². The van der Waals surface area contributed by atoms with Crippen LogP contribution >= 0.6 is 11.3 Å². The van der Waals surface area contributed by atoms with E-state index in [2.05, 4.69) is 32.7 Å². The van der Waals surface area contributed by atoms with Crippen LogP contribution in [0.2, 0.25) is 0 Å². The third-order valence-corrected chi connectivity index (χ3v) is 5.39. The van der Waals surface area contributed by atoms with Crippen molar-refractivity contribution in [3.63, 3.8) is 0 Å². The van der Waals surface area contributed by atoms with Gasteiger partial charge in [-0.25, -0.2) is 4.98 Å². The molecule has 0 aliphatic rings. The topological polar surface area (TPSA) is 49.6 Å². The van der Waals surface area contributed by atoms with Crippen LogP contribution in [-0.2, 0) is 17.9 Å². The molecule has 1 atom stereocenters. The zero-order valence-corrected chi connectivity index (χ0v) is 15.9. The van der Waals surface area contributed by atoms with Crippen molar-refractivity contribution in [1.29, 1.82) is 0 Å². The van der Waals surface area contributed by atoms with Gasteiger partial charge in [0.05, 0.1) is 17.4 Å². The van der Waals surface area contributed by atoms with Crippen molar-refractivity contribution in [2.75, 3.05) is 7.05 Å². The quantitative estimate of drug-likeness (QED) is 0.738. The molecule has 3 aromatic rings. The Morgan fingerprint density at radius 1 is 1.32 bits per heavy atom. The third-order valence-electron chi connectivity index (χ3n) is 4.49. The molecule has 1 amide bonds. The molecule has 1 aromatic carbocycles. The normalized spacial score (nSPS) is 12.7. The van der Waals surface area contributed by atoms with Gasteiger partial charge in [-0.15, -0.1) is 11.3 Å². The molecule has 132 valence electrons. The lowest BCUT2D eigenvalue weighted by Crippen LogP contribution is -2.42. The highest BCUT2D eigenvalue weighted by Gasteiger charge is 2.20. The third kappa shape index (κ3) is 3.91. The Kier molecular flexibility index (Phi) is 5.20. The van der Waals surface area contributed by atoms with Gasteiger partial charge in [-0.3, -0.25) is 14.1 Å². The highest BCUT2D eigenvalue weighted by Crippen LogP contribution is 2.22. The van der Waals surface area contributed by atoms with E-state index in [1.165, 1.54) is 4.88 Å². The first-order valence-electron chi connectivity index (χ1n) is 8.41. The molecule has 25 heavy (non-hydrogen) atoms. The van der Waals surface area contributed by atoms with E-state index in [4.69, 9.17) is 0 Å². The largest absolute Gasteiger partial charge is 0.351 e. The van der Waals surface area contributed by atoms with Gasteiger partial charge in [-0.2, -0.15) is 0 Å². The Hall–Kier alpha value is -2.18. The van der Waals surface area contributed by atoms with Crippen LogP contribution < -0.4 is 5.32 Å². The first-order valence-corrected chi connectivity index (χ1v) is 9.23. The predicted octanol–water partition coefficient (Wildman–Crippen LogP) is 3.15. The number of nitrogens with one attached hydrogen (secondary N) is 1. The summed E-state index contributed by atoms with van der Waals surface area (Å²) in [5, 5.41) is 3.01. The second kappa shape index (κ2) is 7.37. The molecule has 2 aromatic heterocycles. The molecule has 0 spiro atoms. The number of hydrogen-bond acceptors (Lipinski definition) is 4. The van der Waals surface area contributed by atoms with Crippen molar-refractivity contribution in [3.8, 4) is 0 Å². The number of imidazole rings is 1. The van der Waals surface area contributed by atoms with Gasteiger partial charge < -0.3 is 5.32 Å². The van der Waals surface area contributed by atoms with Gasteiger partial charge in [-0.1, -0.05) is 30.3 Å². The number of carbonyl (C=O) groups is 1. The zero-order chi connectivity index (χ0) is 18.0. The summed E-state index contributed by atoms with van der Waals surface area (Å²) in [6, 6.07) is 9.75. The van der Waals surface area contributed by atoms with E-state index < -0.39 is 0 Å². The maximum atomic E-state index is 12.5. The second-order valence-corrected chi connectivity index (χ2v) is 7.65. The number of fused-ring (bicyclic) bond motifs is 1. The van der Waals surface area contributed by atoms with Gasteiger partial charge in [0.1, 0.15) is 0 Å². The summed E-state index contributed by atoms with van der Waals surface area (Å²) < 4.78 is 2.14. The van der Waals surface area contributed by atoms with Crippen molar-refractivity contribution >= 4 is 22.2 Å². The van der Waals surface area contributed by atoms with Crippen LogP contribution in [0.5, 0.6) is 0 Å². The highest BCUT2D eigenvalue weighted by molar-refractivity contribution is 7.17. The number of aryl methyl sites for hydroxylation is 2. The van der Waals surface area contributed by atoms with Crippen molar-refractivity contribution in [2.24, 2.45) is 0 Å². The van der Waals surface area contributed by atoms with E-state index in [1.807, 2.05) is 51.2 Å². The Labute approximate surface area is 152 Å². The van der Waals surface area contributed by atoms with Gasteiger partial charge in [0.2, 0.25) is 5.91 Å². The molecule has 6 heteroatoms. The highest BCUT2D eigenvalue weighted by atomic mass is 32.1. The summed E-state index contributed by atoms with van der Waals surface area (Å²) in [4.78, 5) is 21.4. The Balaban J connectivity index is 1.64. The SMILES string of the molecule is Cc1cn2c(CN(C)[C@H](C)C(=O)NCc3ccccc3)c(C)nc2s1. The minimum Gasteiger partial charge on any atom is -0.351 e. The molecule has 3 rings (SSSR count). The van der Waals surface area contributed by atoms with Gasteiger partial charge in [0.15, 0.2) is 4.96 Å². The van der Waals surface area contributed by atoms with Crippen molar-refractivity contribution < 1.29 is 4.79 Å². The number of aromatic nitrogens is 2. The van der Waals surface area contributed by atoms with Crippen LogP contribution in [0, 0.1) is 13.8 Å². The van der Waals surface area contributed by atoms with E-state index >= 15 is 0 Å². The smallest absolute Gasteiger partial charge is 0.237 e. The average molecular weight is 356 g/mol. The summed E-state index contributed by atoms with van der Waals surface area (Å²) in [6.45, 7) is 7.29. The zero-order valence-electron chi connectivity index (χ0n) is 15.1. The fourth-order valence-corrected chi connectivity index (χ4v) is 3.70. The molecule has 5 nitrogen and oxygen atoms in total. The molecule has 0 saturated heterocycles. The van der Waals surface area contributed by atoms with Crippen LogP contribution in [0.3, 0.4) is 0 Å². The summed E-state index contributed by atoms with van der Waals surface area (Å²) in [7, 11) is 1.98. The van der Waals surface area contributed by atoms with Crippen LogP contribution in [0.4, 0.5) is 0 Å². The number of thiazole rings is 1. The van der Waals surface area contributed by atoms with Crippen molar-refractivity contribution in [2.45, 2.75) is 39.9 Å². The van der Waals surface area contributed by atoms with E-state index in [0.29, 0.717) is 13.1 Å². The molecular weight excluding hydrogens is 332 g/mol. The van der Waals surface area contributed by atoms with Gasteiger partial charge in [0, 0.05) is 24.2 Å². The number of hydrogen-bond donors (Lipinski definition) is 1. The van der Waals surface area contributed by atoms with Crippen molar-refractivity contribution in [3.05, 3.63) is 58.4 Å². The molecule has 0 unspecified atom stereocenters. The predicted molar refractivity (Wildman–Crippen MR) is 102 cm³/mol. The molecule has 0 aliphatic carbocycles. The van der Waals surface area contributed by atoms with Crippen LogP contribution in [0.15, 0.2) is 36.5 Å². The van der Waals surface area contributed by atoms with Gasteiger partial charge >= 0.3 is 0 Å². The Bertz CT molecular complexity index is 868. The van der Waals surface area contributed by atoms with Gasteiger partial charge in [0.25, 0.3) is 0 Å². The fourth-order valence-electron chi connectivity index (χ4n) is 2.81.